The van der Waals surface area contributed by atoms with Crippen LogP contribution in [-0.2, 0) is 6.54 Å². The van der Waals surface area contributed by atoms with Gasteiger partial charge in [-0.1, -0.05) is 37.3 Å². The molecule has 1 fully saturated rings. The molecule has 2 rings (SSSR count). The molecule has 0 bridgehead atoms. The predicted molar refractivity (Wildman–Crippen MR) is 77.0 cm³/mol. The van der Waals surface area contributed by atoms with E-state index >= 15 is 0 Å². The third-order valence-corrected chi connectivity index (χ3v) is 4.29. The van der Waals surface area contributed by atoms with Gasteiger partial charge in [-0.15, -0.1) is 0 Å². The molecule has 0 spiro atoms. The summed E-state index contributed by atoms with van der Waals surface area (Å²) in [6, 6.07) is 2.46. The van der Waals surface area contributed by atoms with E-state index in [1.54, 1.807) is 6.20 Å². The summed E-state index contributed by atoms with van der Waals surface area (Å²) in [5.74, 6) is 0.881. The molecule has 0 atom stereocenters. The van der Waals surface area contributed by atoms with Gasteiger partial charge in [0.25, 0.3) is 0 Å². The number of anilines is 1. The lowest BCUT2D eigenvalue weighted by Crippen LogP contribution is -2.32. The zero-order valence-electron chi connectivity index (χ0n) is 11.0. The first-order chi connectivity index (χ1) is 8.74. The van der Waals surface area contributed by atoms with Crippen LogP contribution in [0.2, 0.25) is 5.02 Å². The molecule has 0 radical (unpaired) electrons. The molecule has 1 aliphatic rings. The summed E-state index contributed by atoms with van der Waals surface area (Å²) >= 11 is 6.38. The van der Waals surface area contributed by atoms with Gasteiger partial charge in [0.1, 0.15) is 5.82 Å². The molecule has 3 nitrogen and oxygen atoms in total. The highest BCUT2D eigenvalue weighted by atomic mass is 35.5. The summed E-state index contributed by atoms with van der Waals surface area (Å²) in [5.41, 5.74) is 6.67. The fourth-order valence-electron chi connectivity index (χ4n) is 2.69. The van der Waals surface area contributed by atoms with Crippen LogP contribution in [0.4, 0.5) is 5.82 Å². The highest BCUT2D eigenvalue weighted by Gasteiger charge is 2.20. The van der Waals surface area contributed by atoms with Crippen molar-refractivity contribution in [3.05, 3.63) is 22.8 Å². The number of nitrogens with zero attached hydrogens (tertiary/aromatic N) is 2. The Bertz CT molecular complexity index is 387. The van der Waals surface area contributed by atoms with E-state index in [9.17, 15) is 0 Å². The monoisotopic (exact) mass is 267 g/mol. The molecule has 1 aromatic heterocycles. The van der Waals surface area contributed by atoms with Crippen LogP contribution in [0, 0.1) is 0 Å². The van der Waals surface area contributed by atoms with Crippen LogP contribution >= 0.6 is 11.6 Å². The lowest BCUT2D eigenvalue weighted by Gasteiger charge is -2.29. The first-order valence-electron chi connectivity index (χ1n) is 6.80. The maximum atomic E-state index is 6.38. The highest BCUT2D eigenvalue weighted by molar-refractivity contribution is 6.33. The standard InChI is InChI=1S/C14H22ClN3/c1-18(12-6-4-2-3-5-7-12)14-13(15)11(10-16)8-9-17-14/h8-9,12H,2-7,10,16H2,1H3. The van der Waals surface area contributed by atoms with Gasteiger partial charge in [0.05, 0.1) is 5.02 Å². The molecule has 2 N–H and O–H groups in total. The number of pyridine rings is 1. The van der Waals surface area contributed by atoms with Crippen LogP contribution in [0.1, 0.15) is 44.1 Å². The number of rotatable bonds is 3. The minimum atomic E-state index is 0.465. The lowest BCUT2D eigenvalue weighted by molar-refractivity contribution is 0.549. The summed E-state index contributed by atoms with van der Waals surface area (Å²) in [7, 11) is 2.10. The number of aromatic nitrogens is 1. The molecule has 0 saturated heterocycles. The van der Waals surface area contributed by atoms with Gasteiger partial charge in [-0.2, -0.15) is 0 Å². The van der Waals surface area contributed by atoms with E-state index in [0.29, 0.717) is 17.6 Å². The molecule has 1 aliphatic carbocycles. The molecule has 100 valence electrons. The number of hydrogen-bond donors (Lipinski definition) is 1. The summed E-state index contributed by atoms with van der Waals surface area (Å²) in [5, 5.41) is 0.715. The maximum absolute atomic E-state index is 6.38. The zero-order chi connectivity index (χ0) is 13.0. The van der Waals surface area contributed by atoms with Gasteiger partial charge in [0.2, 0.25) is 0 Å². The van der Waals surface area contributed by atoms with Crippen molar-refractivity contribution in [2.75, 3.05) is 11.9 Å². The summed E-state index contributed by atoms with van der Waals surface area (Å²) in [4.78, 5) is 6.67. The smallest absolute Gasteiger partial charge is 0.147 e. The van der Waals surface area contributed by atoms with E-state index in [0.717, 1.165) is 11.4 Å². The van der Waals surface area contributed by atoms with Crippen molar-refractivity contribution in [1.82, 2.24) is 4.98 Å². The zero-order valence-corrected chi connectivity index (χ0v) is 11.8. The van der Waals surface area contributed by atoms with Gasteiger partial charge in [0, 0.05) is 25.8 Å². The second kappa shape index (κ2) is 6.39. The van der Waals surface area contributed by atoms with Gasteiger partial charge < -0.3 is 10.6 Å². The van der Waals surface area contributed by atoms with Crippen LogP contribution in [-0.4, -0.2) is 18.1 Å². The third-order valence-electron chi connectivity index (χ3n) is 3.88. The molecule has 1 saturated carbocycles. The van der Waals surface area contributed by atoms with Gasteiger partial charge in [-0.25, -0.2) is 4.98 Å². The molecular formula is C14H22ClN3. The van der Waals surface area contributed by atoms with Crippen LogP contribution in [0.3, 0.4) is 0 Å². The highest BCUT2D eigenvalue weighted by Crippen LogP contribution is 2.30. The lowest BCUT2D eigenvalue weighted by atomic mass is 10.1. The van der Waals surface area contributed by atoms with E-state index in [1.165, 1.54) is 38.5 Å². The van der Waals surface area contributed by atoms with Crippen molar-refractivity contribution in [2.45, 2.75) is 51.1 Å². The summed E-state index contributed by atoms with van der Waals surface area (Å²) < 4.78 is 0. The van der Waals surface area contributed by atoms with E-state index in [2.05, 4.69) is 16.9 Å². The van der Waals surface area contributed by atoms with E-state index in [4.69, 9.17) is 17.3 Å². The fourth-order valence-corrected chi connectivity index (χ4v) is 3.02. The fraction of sp³-hybridized carbons (Fsp3) is 0.643. The summed E-state index contributed by atoms with van der Waals surface area (Å²) in [6.07, 6.45) is 9.61. The Morgan fingerprint density at radius 3 is 2.61 bits per heavy atom. The van der Waals surface area contributed by atoms with Gasteiger partial charge in [0.15, 0.2) is 0 Å². The van der Waals surface area contributed by atoms with Crippen molar-refractivity contribution in [3.63, 3.8) is 0 Å². The molecule has 1 heterocycles. The largest absolute Gasteiger partial charge is 0.355 e. The number of halogens is 1. The second-order valence-electron chi connectivity index (χ2n) is 5.07. The molecule has 0 amide bonds. The normalized spacial score (nSPS) is 17.5. The van der Waals surface area contributed by atoms with Crippen LogP contribution in [0.5, 0.6) is 0 Å². The average molecular weight is 268 g/mol. The van der Waals surface area contributed by atoms with Gasteiger partial charge >= 0.3 is 0 Å². The van der Waals surface area contributed by atoms with Crippen LogP contribution in [0.15, 0.2) is 12.3 Å². The van der Waals surface area contributed by atoms with Crippen molar-refractivity contribution < 1.29 is 0 Å². The Morgan fingerprint density at radius 2 is 2.00 bits per heavy atom. The Hall–Kier alpha value is -0.800. The Kier molecular flexibility index (Phi) is 4.84. The van der Waals surface area contributed by atoms with Crippen LogP contribution in [0.25, 0.3) is 0 Å². The van der Waals surface area contributed by atoms with E-state index in [1.807, 2.05) is 6.07 Å². The molecule has 4 heteroatoms. The van der Waals surface area contributed by atoms with Gasteiger partial charge in [-0.05, 0) is 24.5 Å². The Labute approximate surface area is 114 Å². The topological polar surface area (TPSA) is 42.2 Å². The Morgan fingerprint density at radius 1 is 1.33 bits per heavy atom. The first kappa shape index (κ1) is 13.6. The summed E-state index contributed by atoms with van der Waals surface area (Å²) in [6.45, 7) is 0.465. The van der Waals surface area contributed by atoms with Crippen molar-refractivity contribution >= 4 is 17.4 Å². The van der Waals surface area contributed by atoms with E-state index < -0.39 is 0 Å². The minimum absolute atomic E-state index is 0.465. The minimum Gasteiger partial charge on any atom is -0.355 e. The average Bonchev–Trinajstić information content (AvgIpc) is 2.67. The molecule has 0 unspecified atom stereocenters. The number of nitrogens with two attached hydrogens (primary N) is 1. The molecule has 1 aromatic rings. The molecule has 0 aromatic carbocycles. The van der Waals surface area contributed by atoms with Crippen molar-refractivity contribution in [2.24, 2.45) is 5.73 Å². The third kappa shape index (κ3) is 2.96. The van der Waals surface area contributed by atoms with Crippen molar-refractivity contribution in [3.8, 4) is 0 Å². The molecule has 0 aliphatic heterocycles. The molecule has 18 heavy (non-hydrogen) atoms. The van der Waals surface area contributed by atoms with Crippen molar-refractivity contribution in [1.29, 1.82) is 0 Å². The number of hydrogen-bond acceptors (Lipinski definition) is 3. The molecular weight excluding hydrogens is 246 g/mol. The maximum Gasteiger partial charge on any atom is 0.147 e. The first-order valence-corrected chi connectivity index (χ1v) is 7.18. The second-order valence-corrected chi connectivity index (χ2v) is 5.45. The van der Waals surface area contributed by atoms with E-state index in [-0.39, 0.29) is 0 Å². The predicted octanol–water partition coefficient (Wildman–Crippen LogP) is 3.35. The van der Waals surface area contributed by atoms with Gasteiger partial charge in [-0.3, -0.25) is 0 Å². The SMILES string of the molecule is CN(c1nccc(CN)c1Cl)C1CCCCCC1. The quantitative estimate of drug-likeness (QED) is 0.854. The van der Waals surface area contributed by atoms with Crippen LogP contribution < -0.4 is 10.6 Å². The Balaban J connectivity index is 2.19.